The quantitative estimate of drug-likeness (QED) is 0.300. The van der Waals surface area contributed by atoms with Gasteiger partial charge in [-0.15, -0.1) is 0 Å². The fraction of sp³-hybridized carbons (Fsp3) is 0.333. The number of benzene rings is 1. The number of nitrogens with zero attached hydrogens (tertiary/aromatic N) is 2. The number of aromatic nitrogens is 1. The second-order valence-electron chi connectivity index (χ2n) is 8.18. The maximum atomic E-state index is 13.4. The standard InChI is InChI=1S/C24H29N3O7S2/c1-5-12-35(30,31)22-20-16(3)8-7-11-27(20)21(23(22)36(32,33)13-6-2)24(29)26-25-15-17-14-18(34-4)9-10-19(17)28/h7-11,14-15,28H,5-6,12-13H2,1-4H3,(H,26,29)/b25-15-. The smallest absolute Gasteiger partial charge is 0.289 e. The van der Waals surface area contributed by atoms with Crippen LogP contribution in [0, 0.1) is 6.92 Å². The largest absolute Gasteiger partial charge is 0.507 e. The lowest BCUT2D eigenvalue weighted by Gasteiger charge is -2.09. The van der Waals surface area contributed by atoms with E-state index in [0.717, 1.165) is 0 Å². The summed E-state index contributed by atoms with van der Waals surface area (Å²) in [6.45, 7) is 4.99. The lowest BCUT2D eigenvalue weighted by atomic mass is 10.2. The Labute approximate surface area is 210 Å². The van der Waals surface area contributed by atoms with Crippen LogP contribution in [0.25, 0.3) is 5.52 Å². The molecule has 2 heterocycles. The molecule has 0 saturated heterocycles. The number of carbonyl (C=O) groups is 1. The van der Waals surface area contributed by atoms with E-state index in [4.69, 9.17) is 4.74 Å². The van der Waals surface area contributed by atoms with Gasteiger partial charge in [-0.3, -0.25) is 4.79 Å². The van der Waals surface area contributed by atoms with Crippen molar-refractivity contribution in [1.82, 2.24) is 9.83 Å². The molecule has 0 fully saturated rings. The zero-order valence-corrected chi connectivity index (χ0v) is 22.1. The number of ether oxygens (including phenoxy) is 1. The van der Waals surface area contributed by atoms with Crippen molar-refractivity contribution in [2.24, 2.45) is 5.10 Å². The second-order valence-corrected chi connectivity index (χ2v) is 12.3. The molecule has 2 aromatic heterocycles. The first-order valence-corrected chi connectivity index (χ1v) is 14.6. The van der Waals surface area contributed by atoms with E-state index in [1.165, 1.54) is 36.1 Å². The minimum absolute atomic E-state index is 0.114. The van der Waals surface area contributed by atoms with Crippen molar-refractivity contribution in [2.75, 3.05) is 18.6 Å². The van der Waals surface area contributed by atoms with Crippen molar-refractivity contribution >= 4 is 37.3 Å². The molecule has 36 heavy (non-hydrogen) atoms. The second kappa shape index (κ2) is 10.7. The minimum Gasteiger partial charge on any atom is -0.507 e. The Kier molecular flexibility index (Phi) is 8.09. The molecule has 0 aliphatic rings. The van der Waals surface area contributed by atoms with Gasteiger partial charge in [0.15, 0.2) is 19.7 Å². The summed E-state index contributed by atoms with van der Waals surface area (Å²) in [6.07, 6.45) is 3.13. The Balaban J connectivity index is 2.24. The number of hydrogen-bond acceptors (Lipinski definition) is 8. The molecule has 3 aromatic rings. The SMILES string of the molecule is CCCS(=O)(=O)c1c(S(=O)(=O)CCC)c2c(C)cccn2c1C(=O)N/N=C\c1cc(OC)ccc1O. The van der Waals surface area contributed by atoms with E-state index in [1.54, 1.807) is 39.0 Å². The first-order chi connectivity index (χ1) is 17.0. The molecular formula is C24H29N3O7S2. The highest BCUT2D eigenvalue weighted by Gasteiger charge is 2.37. The fourth-order valence-electron chi connectivity index (χ4n) is 3.92. The van der Waals surface area contributed by atoms with Crippen LogP contribution in [0.15, 0.2) is 51.4 Å². The zero-order chi connectivity index (χ0) is 26.7. The van der Waals surface area contributed by atoms with Crippen LogP contribution in [0.2, 0.25) is 0 Å². The maximum Gasteiger partial charge on any atom is 0.289 e. The third kappa shape index (κ3) is 5.24. The number of pyridine rings is 1. The molecular weight excluding hydrogens is 506 g/mol. The normalized spacial score (nSPS) is 12.3. The summed E-state index contributed by atoms with van der Waals surface area (Å²) in [4.78, 5) is 12.5. The zero-order valence-electron chi connectivity index (χ0n) is 20.5. The van der Waals surface area contributed by atoms with Gasteiger partial charge in [-0.1, -0.05) is 19.9 Å². The monoisotopic (exact) mass is 535 g/mol. The average molecular weight is 536 g/mol. The van der Waals surface area contributed by atoms with Crippen LogP contribution in [0.3, 0.4) is 0 Å². The third-order valence-electron chi connectivity index (χ3n) is 5.46. The Morgan fingerprint density at radius 3 is 2.33 bits per heavy atom. The minimum atomic E-state index is -4.16. The number of aryl methyl sites for hydroxylation is 1. The molecule has 10 nitrogen and oxygen atoms in total. The lowest BCUT2D eigenvalue weighted by molar-refractivity contribution is 0.0945. The predicted octanol–water partition coefficient (Wildman–Crippen LogP) is 3.09. The van der Waals surface area contributed by atoms with Crippen LogP contribution >= 0.6 is 0 Å². The topological polar surface area (TPSA) is 144 Å². The summed E-state index contributed by atoms with van der Waals surface area (Å²) in [5, 5.41) is 13.9. The van der Waals surface area contributed by atoms with E-state index in [1.807, 2.05) is 0 Å². The summed E-state index contributed by atoms with van der Waals surface area (Å²) in [6, 6.07) is 7.69. The average Bonchev–Trinajstić information content (AvgIpc) is 3.19. The molecule has 0 aliphatic heterocycles. The van der Waals surface area contributed by atoms with Gasteiger partial charge in [0, 0.05) is 11.8 Å². The van der Waals surface area contributed by atoms with Gasteiger partial charge in [0.25, 0.3) is 5.91 Å². The number of phenolic OH excluding ortho intramolecular Hbond substituents is 1. The summed E-state index contributed by atoms with van der Waals surface area (Å²) in [5.74, 6) is -1.19. The molecule has 3 rings (SSSR count). The van der Waals surface area contributed by atoms with Crippen LogP contribution in [-0.4, -0.2) is 57.1 Å². The first-order valence-electron chi connectivity index (χ1n) is 11.3. The van der Waals surface area contributed by atoms with Crippen LogP contribution in [-0.2, 0) is 19.7 Å². The number of hydrazone groups is 1. The van der Waals surface area contributed by atoms with Gasteiger partial charge < -0.3 is 14.2 Å². The molecule has 0 aliphatic carbocycles. The number of amides is 1. The molecule has 1 aromatic carbocycles. The first kappa shape index (κ1) is 27.2. The summed E-state index contributed by atoms with van der Waals surface area (Å²) in [5.41, 5.74) is 2.82. The van der Waals surface area contributed by atoms with Crippen LogP contribution in [0.4, 0.5) is 0 Å². The van der Waals surface area contributed by atoms with Gasteiger partial charge in [-0.2, -0.15) is 5.10 Å². The predicted molar refractivity (Wildman–Crippen MR) is 137 cm³/mol. The summed E-state index contributed by atoms with van der Waals surface area (Å²) in [7, 11) is -6.75. The van der Waals surface area contributed by atoms with Gasteiger partial charge in [0.1, 0.15) is 27.0 Å². The Morgan fingerprint density at radius 1 is 1.08 bits per heavy atom. The van der Waals surface area contributed by atoms with E-state index in [-0.39, 0.29) is 51.8 Å². The number of nitrogens with one attached hydrogen (secondary N) is 1. The maximum absolute atomic E-state index is 13.4. The highest BCUT2D eigenvalue weighted by molar-refractivity contribution is 7.94. The summed E-state index contributed by atoms with van der Waals surface area (Å²) >= 11 is 0. The highest BCUT2D eigenvalue weighted by atomic mass is 32.2. The van der Waals surface area contributed by atoms with Crippen molar-refractivity contribution in [3.63, 3.8) is 0 Å². The van der Waals surface area contributed by atoms with E-state index in [2.05, 4.69) is 10.5 Å². The Morgan fingerprint density at radius 2 is 1.72 bits per heavy atom. The molecule has 1 amide bonds. The molecule has 0 saturated carbocycles. The Hall–Kier alpha value is -3.38. The van der Waals surface area contributed by atoms with Crippen LogP contribution in [0.5, 0.6) is 11.5 Å². The molecule has 0 unspecified atom stereocenters. The van der Waals surface area contributed by atoms with Crippen LogP contribution in [0.1, 0.15) is 48.3 Å². The van der Waals surface area contributed by atoms with Crippen molar-refractivity contribution in [2.45, 2.75) is 43.4 Å². The number of methoxy groups -OCH3 is 1. The molecule has 0 spiro atoms. The van der Waals surface area contributed by atoms with Gasteiger partial charge in [0.2, 0.25) is 0 Å². The number of phenols is 1. The van der Waals surface area contributed by atoms with Crippen molar-refractivity contribution in [3.8, 4) is 11.5 Å². The Bertz CT molecular complexity index is 1540. The molecule has 2 N–H and O–H groups in total. The number of fused-ring (bicyclic) bond motifs is 1. The highest BCUT2D eigenvalue weighted by Crippen LogP contribution is 2.36. The van der Waals surface area contributed by atoms with E-state index < -0.39 is 30.5 Å². The van der Waals surface area contributed by atoms with Crippen molar-refractivity contribution in [3.05, 3.63) is 53.3 Å². The van der Waals surface area contributed by atoms with Gasteiger partial charge >= 0.3 is 0 Å². The fourth-order valence-corrected chi connectivity index (χ4v) is 7.97. The number of carbonyl (C=O) groups excluding carboxylic acids is 1. The van der Waals surface area contributed by atoms with E-state index in [9.17, 15) is 26.7 Å². The van der Waals surface area contributed by atoms with Gasteiger partial charge in [-0.25, -0.2) is 22.3 Å². The molecule has 0 radical (unpaired) electrons. The number of sulfone groups is 2. The molecule has 12 heteroatoms. The van der Waals surface area contributed by atoms with Gasteiger partial charge in [-0.05, 0) is 49.6 Å². The number of aromatic hydroxyl groups is 1. The lowest BCUT2D eigenvalue weighted by Crippen LogP contribution is -2.23. The van der Waals surface area contributed by atoms with E-state index in [0.29, 0.717) is 11.3 Å². The molecule has 0 bridgehead atoms. The van der Waals surface area contributed by atoms with E-state index >= 15 is 0 Å². The third-order valence-corrected chi connectivity index (χ3v) is 9.52. The van der Waals surface area contributed by atoms with Crippen molar-refractivity contribution < 1.29 is 31.5 Å². The number of hydrogen-bond donors (Lipinski definition) is 2. The van der Waals surface area contributed by atoms with Crippen LogP contribution < -0.4 is 10.2 Å². The molecule has 194 valence electrons. The molecule has 0 atom stereocenters. The summed E-state index contributed by atoms with van der Waals surface area (Å²) < 4.78 is 59.8. The van der Waals surface area contributed by atoms with Gasteiger partial charge in [0.05, 0.1) is 30.3 Å². The number of rotatable bonds is 10. The van der Waals surface area contributed by atoms with Crippen molar-refractivity contribution in [1.29, 1.82) is 0 Å².